The summed E-state index contributed by atoms with van der Waals surface area (Å²) >= 11 is 0. The standard InChI is InChI=1S/C21H25FN2O3/c1-24(12-17-6-3-4-8-18(17)22)13-20(25)23-11-15-10-16-7-5-9-19(26-2)21(16)27-14-15/h3-9,15H,10-14H2,1-2H3,(H,23,25). The van der Waals surface area contributed by atoms with Gasteiger partial charge in [-0.3, -0.25) is 9.69 Å². The maximum Gasteiger partial charge on any atom is 0.234 e. The van der Waals surface area contributed by atoms with E-state index in [4.69, 9.17) is 9.47 Å². The lowest BCUT2D eigenvalue weighted by Crippen LogP contribution is -2.39. The Kier molecular flexibility index (Phi) is 6.29. The summed E-state index contributed by atoms with van der Waals surface area (Å²) in [6, 6.07) is 12.5. The number of halogens is 1. The van der Waals surface area contributed by atoms with Crippen LogP contribution < -0.4 is 14.8 Å². The van der Waals surface area contributed by atoms with E-state index in [2.05, 4.69) is 5.32 Å². The molecule has 1 atom stereocenters. The highest BCUT2D eigenvalue weighted by Crippen LogP contribution is 2.35. The second kappa shape index (κ2) is 8.86. The van der Waals surface area contributed by atoms with Crippen LogP contribution in [-0.4, -0.2) is 44.7 Å². The van der Waals surface area contributed by atoms with Crippen LogP contribution in [0.15, 0.2) is 42.5 Å². The predicted molar refractivity (Wildman–Crippen MR) is 101 cm³/mol. The van der Waals surface area contributed by atoms with Crippen LogP contribution in [0.5, 0.6) is 11.5 Å². The topological polar surface area (TPSA) is 50.8 Å². The van der Waals surface area contributed by atoms with E-state index in [-0.39, 0.29) is 24.2 Å². The number of rotatable bonds is 7. The Morgan fingerprint density at radius 1 is 1.30 bits per heavy atom. The summed E-state index contributed by atoms with van der Waals surface area (Å²) in [6.45, 7) is 1.69. The van der Waals surface area contributed by atoms with Crippen molar-refractivity contribution in [2.45, 2.75) is 13.0 Å². The van der Waals surface area contributed by atoms with Crippen LogP contribution in [0.1, 0.15) is 11.1 Å². The van der Waals surface area contributed by atoms with E-state index >= 15 is 0 Å². The molecule has 144 valence electrons. The van der Waals surface area contributed by atoms with Gasteiger partial charge in [-0.05, 0) is 31.2 Å². The van der Waals surface area contributed by atoms with Crippen molar-refractivity contribution in [3.8, 4) is 11.5 Å². The van der Waals surface area contributed by atoms with Gasteiger partial charge < -0.3 is 14.8 Å². The number of fused-ring (bicyclic) bond motifs is 1. The average Bonchev–Trinajstić information content (AvgIpc) is 2.67. The van der Waals surface area contributed by atoms with Crippen molar-refractivity contribution in [2.75, 3.05) is 33.9 Å². The zero-order valence-corrected chi connectivity index (χ0v) is 15.7. The molecule has 0 aliphatic carbocycles. The zero-order valence-electron chi connectivity index (χ0n) is 15.7. The summed E-state index contributed by atoms with van der Waals surface area (Å²) in [5.74, 6) is 1.42. The van der Waals surface area contributed by atoms with E-state index in [1.54, 1.807) is 37.3 Å². The summed E-state index contributed by atoms with van der Waals surface area (Å²) in [4.78, 5) is 14.0. The first kappa shape index (κ1) is 19.2. The van der Waals surface area contributed by atoms with Crippen LogP contribution in [-0.2, 0) is 17.8 Å². The molecular weight excluding hydrogens is 347 g/mol. The number of ether oxygens (including phenoxy) is 2. The van der Waals surface area contributed by atoms with Gasteiger partial charge in [0.1, 0.15) is 5.82 Å². The Balaban J connectivity index is 1.46. The molecule has 0 spiro atoms. The SMILES string of the molecule is COc1cccc2c1OCC(CNC(=O)CN(C)Cc1ccccc1F)C2. The van der Waals surface area contributed by atoms with Gasteiger partial charge in [0, 0.05) is 24.6 Å². The molecule has 1 aliphatic heterocycles. The van der Waals surface area contributed by atoms with Crippen molar-refractivity contribution in [1.82, 2.24) is 10.2 Å². The van der Waals surface area contributed by atoms with E-state index in [9.17, 15) is 9.18 Å². The maximum absolute atomic E-state index is 13.7. The van der Waals surface area contributed by atoms with Crippen molar-refractivity contribution in [1.29, 1.82) is 0 Å². The number of benzene rings is 2. The van der Waals surface area contributed by atoms with Gasteiger partial charge in [0.2, 0.25) is 5.91 Å². The first-order chi connectivity index (χ1) is 13.1. The molecule has 3 rings (SSSR count). The maximum atomic E-state index is 13.7. The minimum atomic E-state index is -0.252. The van der Waals surface area contributed by atoms with Crippen molar-refractivity contribution >= 4 is 5.91 Å². The Hall–Kier alpha value is -2.60. The number of nitrogens with one attached hydrogen (secondary N) is 1. The van der Waals surface area contributed by atoms with Crippen LogP contribution in [0.2, 0.25) is 0 Å². The van der Waals surface area contributed by atoms with Gasteiger partial charge in [-0.25, -0.2) is 4.39 Å². The average molecular weight is 372 g/mol. The van der Waals surface area contributed by atoms with Gasteiger partial charge in [-0.15, -0.1) is 0 Å². The third-order valence-electron chi connectivity index (χ3n) is 4.65. The fourth-order valence-electron chi connectivity index (χ4n) is 3.28. The number of hydrogen-bond acceptors (Lipinski definition) is 4. The molecule has 1 N–H and O–H groups in total. The molecule has 5 nitrogen and oxygen atoms in total. The first-order valence-corrected chi connectivity index (χ1v) is 9.04. The minimum absolute atomic E-state index is 0.0784. The molecule has 0 radical (unpaired) electrons. The van der Waals surface area contributed by atoms with Gasteiger partial charge in [-0.1, -0.05) is 30.3 Å². The van der Waals surface area contributed by atoms with Gasteiger partial charge in [0.15, 0.2) is 11.5 Å². The largest absolute Gasteiger partial charge is 0.493 e. The Morgan fingerprint density at radius 3 is 2.89 bits per heavy atom. The van der Waals surface area contributed by atoms with Crippen molar-refractivity contribution in [3.63, 3.8) is 0 Å². The van der Waals surface area contributed by atoms with E-state index in [0.29, 0.717) is 25.3 Å². The Bertz CT molecular complexity index is 797. The van der Waals surface area contributed by atoms with E-state index in [1.165, 1.54) is 6.07 Å². The van der Waals surface area contributed by atoms with Crippen LogP contribution >= 0.6 is 0 Å². The molecule has 6 heteroatoms. The molecule has 1 heterocycles. The van der Waals surface area contributed by atoms with Gasteiger partial charge >= 0.3 is 0 Å². The van der Waals surface area contributed by atoms with Gasteiger partial charge in [0.05, 0.1) is 20.3 Å². The molecule has 1 aliphatic rings. The third-order valence-corrected chi connectivity index (χ3v) is 4.65. The van der Waals surface area contributed by atoms with E-state index in [1.807, 2.05) is 18.2 Å². The molecule has 1 unspecified atom stereocenters. The summed E-state index contributed by atoms with van der Waals surface area (Å²) in [6.07, 6.45) is 0.831. The van der Waals surface area contributed by atoms with Crippen molar-refractivity contribution < 1.29 is 18.7 Å². The van der Waals surface area contributed by atoms with Crippen molar-refractivity contribution in [2.24, 2.45) is 5.92 Å². The van der Waals surface area contributed by atoms with Crippen LogP contribution in [0.3, 0.4) is 0 Å². The molecule has 0 aromatic heterocycles. The minimum Gasteiger partial charge on any atom is -0.493 e. The summed E-state index contributed by atoms with van der Waals surface area (Å²) in [5, 5.41) is 2.96. The molecule has 1 amide bonds. The monoisotopic (exact) mass is 372 g/mol. The van der Waals surface area contributed by atoms with Gasteiger partial charge in [-0.2, -0.15) is 0 Å². The molecular formula is C21H25FN2O3. The molecule has 0 bridgehead atoms. The highest BCUT2D eigenvalue weighted by atomic mass is 19.1. The van der Waals surface area contributed by atoms with Gasteiger partial charge in [0.25, 0.3) is 0 Å². The highest BCUT2D eigenvalue weighted by Gasteiger charge is 2.23. The lowest BCUT2D eigenvalue weighted by Gasteiger charge is -2.27. The number of nitrogens with zero attached hydrogens (tertiary/aromatic N) is 1. The third kappa shape index (κ3) is 4.98. The van der Waals surface area contributed by atoms with Crippen LogP contribution in [0.25, 0.3) is 0 Å². The lowest BCUT2D eigenvalue weighted by molar-refractivity contribution is -0.122. The highest BCUT2D eigenvalue weighted by molar-refractivity contribution is 5.78. The smallest absolute Gasteiger partial charge is 0.234 e. The summed E-state index contributed by atoms with van der Waals surface area (Å²) < 4.78 is 24.9. The Morgan fingerprint density at radius 2 is 2.11 bits per heavy atom. The predicted octanol–water partition coefficient (Wildman–Crippen LogP) is 2.63. The first-order valence-electron chi connectivity index (χ1n) is 9.04. The number of para-hydroxylation sites is 1. The second-order valence-corrected chi connectivity index (χ2v) is 6.90. The zero-order chi connectivity index (χ0) is 19.2. The van der Waals surface area contributed by atoms with E-state index < -0.39 is 0 Å². The fraction of sp³-hybridized carbons (Fsp3) is 0.381. The molecule has 27 heavy (non-hydrogen) atoms. The number of carbonyl (C=O) groups excluding carboxylic acids is 1. The molecule has 0 fully saturated rings. The molecule has 0 saturated carbocycles. The number of amides is 1. The summed E-state index contributed by atoms with van der Waals surface area (Å²) in [5.41, 5.74) is 1.68. The lowest BCUT2D eigenvalue weighted by atomic mass is 9.96. The normalized spacial score (nSPS) is 15.8. The molecule has 0 saturated heterocycles. The quantitative estimate of drug-likeness (QED) is 0.812. The molecule has 2 aromatic rings. The fourth-order valence-corrected chi connectivity index (χ4v) is 3.28. The van der Waals surface area contributed by atoms with Crippen LogP contribution in [0, 0.1) is 11.7 Å². The second-order valence-electron chi connectivity index (χ2n) is 6.90. The number of likely N-dealkylation sites (N-methyl/N-ethyl adjacent to an activating group) is 1. The van der Waals surface area contributed by atoms with Crippen LogP contribution in [0.4, 0.5) is 4.39 Å². The molecule has 2 aromatic carbocycles. The van der Waals surface area contributed by atoms with Crippen molar-refractivity contribution in [3.05, 3.63) is 59.4 Å². The van der Waals surface area contributed by atoms with E-state index in [0.717, 1.165) is 23.5 Å². The Labute approximate surface area is 159 Å². The number of methoxy groups -OCH3 is 1. The number of hydrogen-bond donors (Lipinski definition) is 1. The number of carbonyl (C=O) groups is 1. The summed E-state index contributed by atoms with van der Waals surface area (Å²) in [7, 11) is 3.43.